The van der Waals surface area contributed by atoms with Crippen LogP contribution in [0, 0.1) is 0 Å². The maximum absolute atomic E-state index is 11.7. The molecule has 0 atom stereocenters. The minimum Gasteiger partial charge on any atom is -0.468 e. The lowest BCUT2D eigenvalue weighted by molar-refractivity contribution is 0.153. The Labute approximate surface area is 137 Å². The highest BCUT2D eigenvalue weighted by atomic mass is 35.5. The zero-order valence-corrected chi connectivity index (χ0v) is 13.1. The van der Waals surface area contributed by atoms with Crippen LogP contribution in [0.25, 0.3) is 0 Å². The van der Waals surface area contributed by atoms with Gasteiger partial charge in [0.05, 0.1) is 13.7 Å². The van der Waals surface area contributed by atoms with E-state index < -0.39 is 24.2 Å². The molecule has 0 bridgehead atoms. The number of nitrogens with one attached hydrogen (secondary N) is 3. The van der Waals surface area contributed by atoms with Crippen molar-refractivity contribution in [3.8, 4) is 0 Å². The van der Waals surface area contributed by atoms with E-state index in [1.54, 1.807) is 31.2 Å². The van der Waals surface area contributed by atoms with E-state index in [4.69, 9.17) is 16.3 Å². The van der Waals surface area contributed by atoms with Gasteiger partial charge in [-0.05, 0) is 31.2 Å². The molecule has 0 saturated heterocycles. The van der Waals surface area contributed by atoms with Crippen LogP contribution in [-0.4, -0.2) is 37.9 Å². The molecule has 0 aromatic heterocycles. The monoisotopic (exact) mass is 342 g/mol. The van der Waals surface area contributed by atoms with Crippen molar-refractivity contribution in [1.29, 1.82) is 0 Å². The third-order valence-electron chi connectivity index (χ3n) is 2.20. The van der Waals surface area contributed by atoms with Gasteiger partial charge >= 0.3 is 24.2 Å². The van der Waals surface area contributed by atoms with Gasteiger partial charge in [0.2, 0.25) is 0 Å². The van der Waals surface area contributed by atoms with E-state index in [1.165, 1.54) is 7.11 Å². The van der Waals surface area contributed by atoms with Crippen LogP contribution < -0.4 is 16.0 Å². The predicted molar refractivity (Wildman–Crippen MR) is 83.6 cm³/mol. The Morgan fingerprint density at radius 3 is 2.39 bits per heavy atom. The van der Waals surface area contributed by atoms with E-state index in [2.05, 4.69) is 20.4 Å². The number of benzene rings is 1. The molecule has 0 aliphatic rings. The topological polar surface area (TPSA) is 118 Å². The van der Waals surface area contributed by atoms with E-state index >= 15 is 0 Å². The number of nitrogens with zero attached hydrogens (tertiary/aromatic N) is 1. The first-order valence-electron chi connectivity index (χ1n) is 6.38. The average molecular weight is 343 g/mol. The number of aliphatic imine (C=N–C) groups is 1. The summed E-state index contributed by atoms with van der Waals surface area (Å²) in [5, 5.41) is 7.01. The Bertz CT molecular complexity index is 603. The van der Waals surface area contributed by atoms with Gasteiger partial charge in [-0.15, -0.1) is 4.99 Å². The number of hydrogen-bond donors (Lipinski definition) is 3. The Morgan fingerprint density at radius 2 is 1.83 bits per heavy atom. The number of alkyl carbamates (subject to hydrolysis) is 1. The number of amides is 5. The molecule has 0 spiro atoms. The first-order chi connectivity index (χ1) is 10.9. The Hall–Kier alpha value is -2.81. The van der Waals surface area contributed by atoms with E-state index in [9.17, 15) is 14.4 Å². The molecule has 5 amide bonds. The number of halogens is 1. The fourth-order valence-corrected chi connectivity index (χ4v) is 1.42. The second-order valence-corrected chi connectivity index (χ2v) is 4.29. The molecule has 1 rings (SSSR count). The largest absolute Gasteiger partial charge is 0.468 e. The molecule has 10 heteroatoms. The molecular formula is C13H15ClN4O5. The molecule has 3 N–H and O–H groups in total. The van der Waals surface area contributed by atoms with Crippen LogP contribution in [0.15, 0.2) is 29.3 Å². The number of methoxy groups -OCH3 is 1. The van der Waals surface area contributed by atoms with E-state index in [0.717, 1.165) is 0 Å². The summed E-state index contributed by atoms with van der Waals surface area (Å²) in [4.78, 5) is 37.5. The van der Waals surface area contributed by atoms with Gasteiger partial charge in [0.25, 0.3) is 0 Å². The second kappa shape index (κ2) is 9.26. The summed E-state index contributed by atoms with van der Waals surface area (Å²) in [6.45, 7) is 1.68. The normalized spacial score (nSPS) is 10.5. The zero-order valence-electron chi connectivity index (χ0n) is 12.4. The number of carbonyl (C=O) groups excluding carboxylic acids is 3. The van der Waals surface area contributed by atoms with Crippen molar-refractivity contribution in [2.75, 3.05) is 19.0 Å². The molecule has 0 fully saturated rings. The van der Waals surface area contributed by atoms with Crippen molar-refractivity contribution in [2.24, 2.45) is 4.99 Å². The third-order valence-corrected chi connectivity index (χ3v) is 2.46. The standard InChI is InChI=1S/C13H15ClN4O5/c1-3-23-13(21)18-11(20)17-12(22-2)16-10(19)15-9-6-4-8(14)5-7-9/h4-7H,3H2,1-2H3,(H3,15,16,17,18,19,20,21). The summed E-state index contributed by atoms with van der Waals surface area (Å²) in [5.41, 5.74) is 0.471. The smallest absolute Gasteiger partial charge is 0.415 e. The molecule has 0 aliphatic heterocycles. The molecule has 0 saturated carbocycles. The van der Waals surface area contributed by atoms with Crippen molar-refractivity contribution in [3.05, 3.63) is 29.3 Å². The van der Waals surface area contributed by atoms with Crippen molar-refractivity contribution < 1.29 is 23.9 Å². The van der Waals surface area contributed by atoms with Gasteiger partial charge in [0.1, 0.15) is 0 Å². The number of imide groups is 1. The molecule has 23 heavy (non-hydrogen) atoms. The fourth-order valence-electron chi connectivity index (χ4n) is 1.29. The minimum absolute atomic E-state index is 0.0989. The summed E-state index contributed by atoms with van der Waals surface area (Å²) in [6, 6.07) is 4.20. The van der Waals surface area contributed by atoms with Crippen LogP contribution in [0.4, 0.5) is 20.1 Å². The molecule has 9 nitrogen and oxygen atoms in total. The minimum atomic E-state index is -1.05. The van der Waals surface area contributed by atoms with Crippen LogP contribution >= 0.6 is 11.6 Å². The lowest BCUT2D eigenvalue weighted by Crippen LogP contribution is -2.37. The van der Waals surface area contributed by atoms with Gasteiger partial charge in [-0.25, -0.2) is 19.7 Å². The van der Waals surface area contributed by atoms with Gasteiger partial charge in [-0.3, -0.25) is 5.32 Å². The molecule has 0 heterocycles. The number of carbonyl (C=O) groups is 3. The number of rotatable bonds is 2. The lowest BCUT2D eigenvalue weighted by Gasteiger charge is -2.08. The summed E-state index contributed by atoms with van der Waals surface area (Å²) in [5.74, 6) is 0. The number of urea groups is 2. The fraction of sp³-hybridized carbons (Fsp3) is 0.231. The molecule has 0 unspecified atom stereocenters. The maximum Gasteiger partial charge on any atom is 0.415 e. The highest BCUT2D eigenvalue weighted by Gasteiger charge is 2.11. The number of hydrogen-bond acceptors (Lipinski definition) is 5. The molecular weight excluding hydrogens is 328 g/mol. The maximum atomic E-state index is 11.7. The number of ether oxygens (including phenoxy) is 2. The third kappa shape index (κ3) is 7.14. The summed E-state index contributed by atoms with van der Waals surface area (Å²) < 4.78 is 9.24. The zero-order chi connectivity index (χ0) is 17.2. The quantitative estimate of drug-likeness (QED) is 0.563. The first-order valence-corrected chi connectivity index (χ1v) is 6.76. The van der Waals surface area contributed by atoms with Gasteiger partial charge in [0, 0.05) is 10.7 Å². The van der Waals surface area contributed by atoms with Gasteiger partial charge in [0.15, 0.2) is 0 Å². The van der Waals surface area contributed by atoms with E-state index in [-0.39, 0.29) is 6.61 Å². The highest BCUT2D eigenvalue weighted by molar-refractivity contribution is 6.30. The van der Waals surface area contributed by atoms with Gasteiger partial charge in [-0.1, -0.05) is 11.6 Å². The van der Waals surface area contributed by atoms with Gasteiger partial charge < -0.3 is 14.8 Å². The van der Waals surface area contributed by atoms with Crippen molar-refractivity contribution >= 4 is 41.5 Å². The summed E-state index contributed by atoms with van der Waals surface area (Å²) >= 11 is 5.73. The van der Waals surface area contributed by atoms with Crippen molar-refractivity contribution in [1.82, 2.24) is 10.6 Å². The highest BCUT2D eigenvalue weighted by Crippen LogP contribution is 2.12. The SMILES string of the molecule is CCOC(=O)NC(=O)/N=C(/NC(=O)Nc1ccc(Cl)cc1)OC. The number of anilines is 1. The molecule has 0 aliphatic carbocycles. The Morgan fingerprint density at radius 1 is 1.17 bits per heavy atom. The first kappa shape index (κ1) is 18.2. The van der Waals surface area contributed by atoms with Crippen LogP contribution in [0.1, 0.15) is 6.92 Å². The second-order valence-electron chi connectivity index (χ2n) is 3.86. The van der Waals surface area contributed by atoms with Crippen LogP contribution in [0.2, 0.25) is 5.02 Å². The molecule has 0 radical (unpaired) electrons. The van der Waals surface area contributed by atoms with Crippen LogP contribution in [0.3, 0.4) is 0 Å². The predicted octanol–water partition coefficient (Wildman–Crippen LogP) is 2.33. The number of amidine groups is 1. The van der Waals surface area contributed by atoms with E-state index in [1.807, 2.05) is 5.32 Å². The van der Waals surface area contributed by atoms with Crippen LogP contribution in [0.5, 0.6) is 0 Å². The lowest BCUT2D eigenvalue weighted by atomic mass is 10.3. The summed E-state index contributed by atoms with van der Waals surface area (Å²) in [6.07, 6.45) is -0.956. The Balaban J connectivity index is 2.58. The van der Waals surface area contributed by atoms with E-state index in [0.29, 0.717) is 10.7 Å². The van der Waals surface area contributed by atoms with Crippen molar-refractivity contribution in [2.45, 2.75) is 6.92 Å². The molecule has 1 aromatic rings. The summed E-state index contributed by atoms with van der Waals surface area (Å²) in [7, 11) is 1.19. The Kier molecular flexibility index (Phi) is 7.34. The molecule has 124 valence electrons. The van der Waals surface area contributed by atoms with Crippen LogP contribution in [-0.2, 0) is 9.47 Å². The average Bonchev–Trinajstić information content (AvgIpc) is 2.49. The van der Waals surface area contributed by atoms with Gasteiger partial charge in [-0.2, -0.15) is 0 Å². The van der Waals surface area contributed by atoms with Crippen molar-refractivity contribution in [3.63, 3.8) is 0 Å². The molecule has 1 aromatic carbocycles.